The van der Waals surface area contributed by atoms with Gasteiger partial charge in [-0.1, -0.05) is 19.3 Å². The molecule has 0 aromatic carbocycles. The molecule has 0 aromatic heterocycles. The van der Waals surface area contributed by atoms with Gasteiger partial charge in [-0.05, 0) is 12.8 Å². The molecule has 0 radical (unpaired) electrons. The number of thiol groups is 1. The Kier molecular flexibility index (Phi) is 6.84. The molecule has 0 aliphatic heterocycles. The predicted molar refractivity (Wildman–Crippen MR) is 50.9 cm³/mol. The molecule has 0 unspecified atom stereocenters. The molecule has 0 atom stereocenters. The maximum Gasteiger partial charge on any atom is 0.210 e. The molecule has 4 heteroatoms. The number of aliphatic hydroxyl groups is 3. The summed E-state index contributed by atoms with van der Waals surface area (Å²) < 4.78 is 0. The minimum absolute atomic E-state index is 0.247. The van der Waals surface area contributed by atoms with Crippen LogP contribution < -0.4 is 0 Å². The van der Waals surface area contributed by atoms with E-state index in [2.05, 4.69) is 12.6 Å². The van der Waals surface area contributed by atoms with Crippen LogP contribution in [0.3, 0.4) is 0 Å². The van der Waals surface area contributed by atoms with E-state index in [0.29, 0.717) is 6.42 Å². The lowest BCUT2D eigenvalue weighted by atomic mass is 10.1. The molecule has 0 saturated carbocycles. The van der Waals surface area contributed by atoms with Crippen LogP contribution in [-0.2, 0) is 0 Å². The van der Waals surface area contributed by atoms with E-state index in [4.69, 9.17) is 15.3 Å². The van der Waals surface area contributed by atoms with Gasteiger partial charge in [0.2, 0.25) is 5.12 Å². The predicted octanol–water partition coefficient (Wildman–Crippen LogP) is 0.887. The lowest BCUT2D eigenvalue weighted by Crippen LogP contribution is -2.18. The highest BCUT2D eigenvalue weighted by Gasteiger charge is 2.14. The zero-order valence-electron chi connectivity index (χ0n) is 7.24. The van der Waals surface area contributed by atoms with E-state index in [1.54, 1.807) is 0 Å². The first-order chi connectivity index (χ1) is 5.56. The third-order valence-corrected chi connectivity index (χ3v) is 1.89. The second kappa shape index (κ2) is 6.71. The van der Waals surface area contributed by atoms with E-state index >= 15 is 0 Å². The minimum atomic E-state index is -1.81. The fourth-order valence-electron chi connectivity index (χ4n) is 1.00. The first kappa shape index (κ1) is 12.2. The van der Waals surface area contributed by atoms with Crippen LogP contribution in [-0.4, -0.2) is 27.0 Å². The van der Waals surface area contributed by atoms with E-state index in [1.165, 1.54) is 0 Å². The van der Waals surface area contributed by atoms with Crippen molar-refractivity contribution in [3.63, 3.8) is 0 Å². The SMILES string of the molecule is OCCCCCCCC(O)(O)S. The van der Waals surface area contributed by atoms with Crippen LogP contribution in [0.5, 0.6) is 0 Å². The summed E-state index contributed by atoms with van der Waals surface area (Å²) in [6.45, 7) is 0.247. The summed E-state index contributed by atoms with van der Waals surface area (Å²) in [5.41, 5.74) is 0. The zero-order chi connectivity index (χ0) is 9.45. The van der Waals surface area contributed by atoms with Gasteiger partial charge in [0.1, 0.15) is 0 Å². The average molecular weight is 194 g/mol. The molecule has 0 bridgehead atoms. The molecule has 74 valence electrons. The van der Waals surface area contributed by atoms with Crippen molar-refractivity contribution in [2.75, 3.05) is 6.61 Å². The first-order valence-corrected chi connectivity index (χ1v) is 4.79. The van der Waals surface area contributed by atoms with Gasteiger partial charge in [0.05, 0.1) is 0 Å². The molecular formula is C8H18O3S. The molecule has 12 heavy (non-hydrogen) atoms. The molecule has 0 fully saturated rings. The lowest BCUT2D eigenvalue weighted by Gasteiger charge is -2.13. The molecule has 0 aliphatic rings. The molecule has 0 amide bonds. The lowest BCUT2D eigenvalue weighted by molar-refractivity contribution is -0.0804. The van der Waals surface area contributed by atoms with Crippen molar-refractivity contribution in [1.29, 1.82) is 0 Å². The number of unbranched alkanes of at least 4 members (excludes halogenated alkanes) is 4. The van der Waals surface area contributed by atoms with Gasteiger partial charge in [0.15, 0.2) is 0 Å². The highest BCUT2D eigenvalue weighted by Crippen LogP contribution is 2.15. The van der Waals surface area contributed by atoms with Crippen molar-refractivity contribution >= 4 is 12.6 Å². The van der Waals surface area contributed by atoms with Crippen molar-refractivity contribution in [3.05, 3.63) is 0 Å². The third kappa shape index (κ3) is 10.2. The highest BCUT2D eigenvalue weighted by atomic mass is 32.1. The van der Waals surface area contributed by atoms with Crippen molar-refractivity contribution < 1.29 is 15.3 Å². The topological polar surface area (TPSA) is 60.7 Å². The number of hydrogen-bond acceptors (Lipinski definition) is 4. The van der Waals surface area contributed by atoms with Crippen LogP contribution in [0.15, 0.2) is 0 Å². The molecule has 3 N–H and O–H groups in total. The molecule has 0 saturated heterocycles. The van der Waals surface area contributed by atoms with Crippen molar-refractivity contribution in [1.82, 2.24) is 0 Å². The summed E-state index contributed by atoms with van der Waals surface area (Å²) in [6, 6.07) is 0. The van der Waals surface area contributed by atoms with Gasteiger partial charge in [-0.2, -0.15) is 0 Å². The van der Waals surface area contributed by atoms with Gasteiger partial charge < -0.3 is 15.3 Å². The van der Waals surface area contributed by atoms with Crippen LogP contribution in [0.25, 0.3) is 0 Å². The van der Waals surface area contributed by atoms with Crippen LogP contribution in [0.2, 0.25) is 0 Å². The van der Waals surface area contributed by atoms with E-state index < -0.39 is 5.12 Å². The van der Waals surface area contributed by atoms with Gasteiger partial charge in [0.25, 0.3) is 0 Å². The summed E-state index contributed by atoms with van der Waals surface area (Å²) >= 11 is 3.57. The Morgan fingerprint density at radius 3 is 1.92 bits per heavy atom. The summed E-state index contributed by atoms with van der Waals surface area (Å²) in [6.07, 6.45) is 4.90. The van der Waals surface area contributed by atoms with Crippen molar-refractivity contribution in [2.24, 2.45) is 0 Å². The van der Waals surface area contributed by atoms with Crippen LogP contribution in [0, 0.1) is 0 Å². The van der Waals surface area contributed by atoms with Gasteiger partial charge >= 0.3 is 0 Å². The monoisotopic (exact) mass is 194 g/mol. The first-order valence-electron chi connectivity index (χ1n) is 4.34. The number of rotatable bonds is 7. The second-order valence-corrected chi connectivity index (χ2v) is 3.73. The van der Waals surface area contributed by atoms with E-state index in [-0.39, 0.29) is 6.61 Å². The van der Waals surface area contributed by atoms with Crippen molar-refractivity contribution in [2.45, 2.75) is 43.6 Å². The van der Waals surface area contributed by atoms with E-state index in [1.807, 2.05) is 0 Å². The Labute approximate surface area is 78.8 Å². The maximum absolute atomic E-state index is 8.80. The maximum atomic E-state index is 8.80. The summed E-state index contributed by atoms with van der Waals surface area (Å²) in [7, 11) is 0. The number of hydrogen-bond donors (Lipinski definition) is 4. The molecule has 0 rings (SSSR count). The van der Waals surface area contributed by atoms with Crippen LogP contribution in [0.4, 0.5) is 0 Å². The Morgan fingerprint density at radius 2 is 1.42 bits per heavy atom. The van der Waals surface area contributed by atoms with Gasteiger partial charge in [-0.25, -0.2) is 0 Å². The Bertz CT molecular complexity index is 101. The molecule has 0 aliphatic carbocycles. The fourth-order valence-corrected chi connectivity index (χ4v) is 1.16. The second-order valence-electron chi connectivity index (χ2n) is 3.02. The van der Waals surface area contributed by atoms with E-state index in [0.717, 1.165) is 32.1 Å². The summed E-state index contributed by atoms with van der Waals surface area (Å²) in [4.78, 5) is 0. The van der Waals surface area contributed by atoms with Crippen LogP contribution >= 0.6 is 12.6 Å². The summed E-state index contributed by atoms with van der Waals surface area (Å²) in [5.74, 6) is 0. The normalized spacial score (nSPS) is 12.0. The third-order valence-electron chi connectivity index (χ3n) is 1.67. The smallest absolute Gasteiger partial charge is 0.210 e. The summed E-state index contributed by atoms with van der Waals surface area (Å²) in [5, 5.41) is 24.3. The van der Waals surface area contributed by atoms with Gasteiger partial charge in [-0.3, -0.25) is 0 Å². The molecular weight excluding hydrogens is 176 g/mol. The number of aliphatic hydroxyl groups excluding tert-OH is 1. The van der Waals surface area contributed by atoms with Gasteiger partial charge in [-0.15, -0.1) is 12.6 Å². The highest BCUT2D eigenvalue weighted by molar-refractivity contribution is 7.81. The fraction of sp³-hybridized carbons (Fsp3) is 1.00. The molecule has 0 aromatic rings. The van der Waals surface area contributed by atoms with E-state index in [9.17, 15) is 0 Å². The average Bonchev–Trinajstić information content (AvgIpc) is 1.94. The largest absolute Gasteiger partial charge is 0.396 e. The zero-order valence-corrected chi connectivity index (χ0v) is 8.13. The standard InChI is InChI=1S/C8H18O3S/c9-7-5-3-1-2-4-6-8(10,11)12/h9-12H,1-7H2. The Balaban J connectivity index is 3.01. The van der Waals surface area contributed by atoms with Crippen LogP contribution in [0.1, 0.15) is 38.5 Å². The van der Waals surface area contributed by atoms with Gasteiger partial charge in [0, 0.05) is 13.0 Å². The minimum Gasteiger partial charge on any atom is -0.396 e. The Hall–Kier alpha value is 0.230. The van der Waals surface area contributed by atoms with Crippen molar-refractivity contribution in [3.8, 4) is 0 Å². The quantitative estimate of drug-likeness (QED) is 0.276. The Morgan fingerprint density at radius 1 is 0.917 bits per heavy atom. The molecule has 0 heterocycles. The molecule has 3 nitrogen and oxygen atoms in total. The molecule has 0 spiro atoms.